The molecule has 3 heterocycles. The third-order valence-electron chi connectivity index (χ3n) is 4.18. The highest BCUT2D eigenvalue weighted by Gasteiger charge is 2.13. The molecule has 0 radical (unpaired) electrons. The van der Waals surface area contributed by atoms with Crippen LogP contribution in [0.3, 0.4) is 0 Å². The lowest BCUT2D eigenvalue weighted by Crippen LogP contribution is -2.04. The summed E-state index contributed by atoms with van der Waals surface area (Å²) in [7, 11) is 0. The first kappa shape index (κ1) is 15.3. The molecule has 0 spiro atoms. The molecule has 0 bridgehead atoms. The van der Waals surface area contributed by atoms with E-state index in [-0.39, 0.29) is 0 Å². The van der Waals surface area contributed by atoms with Crippen molar-refractivity contribution in [1.29, 1.82) is 0 Å². The second-order valence-corrected chi connectivity index (χ2v) is 6.24. The minimum atomic E-state index is 0.316. The summed E-state index contributed by atoms with van der Waals surface area (Å²) >= 11 is 0. The Bertz CT molecular complexity index is 1000. The zero-order valence-corrected chi connectivity index (χ0v) is 14.2. The molecule has 5 nitrogen and oxygen atoms in total. The number of hydrogen-bond donors (Lipinski definition) is 2. The van der Waals surface area contributed by atoms with E-state index in [1.54, 1.807) is 6.20 Å². The first-order valence-electron chi connectivity index (χ1n) is 8.34. The van der Waals surface area contributed by atoms with Gasteiger partial charge in [0.1, 0.15) is 11.5 Å². The van der Waals surface area contributed by atoms with Crippen LogP contribution in [0.1, 0.15) is 25.3 Å². The van der Waals surface area contributed by atoms with Gasteiger partial charge in [-0.2, -0.15) is 0 Å². The number of H-pyrrole nitrogens is 1. The van der Waals surface area contributed by atoms with Crippen molar-refractivity contribution >= 4 is 22.5 Å². The summed E-state index contributed by atoms with van der Waals surface area (Å²) in [6, 6.07) is 14.0. The summed E-state index contributed by atoms with van der Waals surface area (Å²) in [4.78, 5) is 16.8. The number of pyridine rings is 1. The number of nitrogens with one attached hydrogen (secondary N) is 2. The summed E-state index contributed by atoms with van der Waals surface area (Å²) in [5, 5.41) is 4.52. The third kappa shape index (κ3) is 2.96. The Kier molecular flexibility index (Phi) is 3.90. The molecule has 124 valence electrons. The van der Waals surface area contributed by atoms with Gasteiger partial charge in [0.15, 0.2) is 5.82 Å². The molecule has 0 saturated carbocycles. The number of anilines is 2. The van der Waals surface area contributed by atoms with Crippen LogP contribution in [0.25, 0.3) is 22.4 Å². The molecular weight excluding hydrogens is 310 g/mol. The van der Waals surface area contributed by atoms with Gasteiger partial charge < -0.3 is 10.3 Å². The van der Waals surface area contributed by atoms with Crippen molar-refractivity contribution in [3.63, 3.8) is 0 Å². The second kappa shape index (κ2) is 6.36. The molecule has 0 unspecified atom stereocenters. The normalized spacial score (nSPS) is 11.2. The number of benzene rings is 1. The molecule has 3 aromatic heterocycles. The lowest BCUT2D eigenvalue weighted by Gasteiger charge is -2.15. The van der Waals surface area contributed by atoms with Gasteiger partial charge in [-0.1, -0.05) is 44.2 Å². The van der Waals surface area contributed by atoms with Crippen molar-refractivity contribution < 1.29 is 0 Å². The lowest BCUT2D eigenvalue weighted by molar-refractivity contribution is 0.851. The average Bonchev–Trinajstić information content (AvgIpc) is 3.12. The number of fused-ring (bicyclic) bond motifs is 1. The topological polar surface area (TPSA) is 66.5 Å². The van der Waals surface area contributed by atoms with Gasteiger partial charge in [0, 0.05) is 35.1 Å². The number of nitrogens with zero attached hydrogens (tertiary/aromatic N) is 3. The van der Waals surface area contributed by atoms with Crippen LogP contribution in [-0.2, 0) is 0 Å². The van der Waals surface area contributed by atoms with Crippen molar-refractivity contribution in [2.24, 2.45) is 0 Å². The smallest absolute Gasteiger partial charge is 0.161 e. The standard InChI is InChI=1S/C20H19N5/c1-13(2)16-12-23-18(14-6-4-3-5-7-14)25-20(16)24-17-9-11-22-19-15(17)8-10-21-19/h3-13H,1-2H3,(H2,21,22,23,24,25). The van der Waals surface area contributed by atoms with E-state index in [9.17, 15) is 0 Å². The number of hydrogen-bond acceptors (Lipinski definition) is 4. The number of aromatic nitrogens is 4. The Morgan fingerprint density at radius 1 is 1.00 bits per heavy atom. The monoisotopic (exact) mass is 329 g/mol. The van der Waals surface area contributed by atoms with Crippen LogP contribution in [0.4, 0.5) is 11.5 Å². The van der Waals surface area contributed by atoms with E-state index in [1.165, 1.54) is 0 Å². The first-order chi connectivity index (χ1) is 12.2. The van der Waals surface area contributed by atoms with Gasteiger partial charge in [-0.25, -0.2) is 15.0 Å². The van der Waals surface area contributed by atoms with Gasteiger partial charge >= 0.3 is 0 Å². The maximum absolute atomic E-state index is 4.80. The van der Waals surface area contributed by atoms with Crippen LogP contribution in [0.15, 0.2) is 61.1 Å². The van der Waals surface area contributed by atoms with Gasteiger partial charge in [-0.3, -0.25) is 0 Å². The van der Waals surface area contributed by atoms with Gasteiger partial charge in [-0.15, -0.1) is 0 Å². The molecule has 4 aromatic rings. The summed E-state index contributed by atoms with van der Waals surface area (Å²) in [5.74, 6) is 1.86. The summed E-state index contributed by atoms with van der Waals surface area (Å²) in [6.45, 7) is 4.29. The highest BCUT2D eigenvalue weighted by atomic mass is 15.0. The van der Waals surface area contributed by atoms with Crippen molar-refractivity contribution in [1.82, 2.24) is 19.9 Å². The molecule has 0 atom stereocenters. The summed E-state index contributed by atoms with van der Waals surface area (Å²) in [5.41, 5.74) is 3.92. The van der Waals surface area contributed by atoms with E-state index < -0.39 is 0 Å². The fraction of sp³-hybridized carbons (Fsp3) is 0.150. The second-order valence-electron chi connectivity index (χ2n) is 6.24. The Morgan fingerprint density at radius 2 is 1.84 bits per heavy atom. The minimum Gasteiger partial charge on any atom is -0.346 e. The molecule has 0 aliphatic rings. The van der Waals surface area contributed by atoms with Gasteiger partial charge in [-0.05, 0) is 18.1 Å². The average molecular weight is 329 g/mol. The lowest BCUT2D eigenvalue weighted by atomic mass is 10.1. The maximum Gasteiger partial charge on any atom is 0.161 e. The fourth-order valence-electron chi connectivity index (χ4n) is 2.84. The predicted octanol–water partition coefficient (Wildman–Crippen LogP) is 4.89. The van der Waals surface area contributed by atoms with Crippen molar-refractivity contribution in [3.8, 4) is 11.4 Å². The summed E-state index contributed by atoms with van der Waals surface area (Å²) in [6.07, 6.45) is 5.59. The van der Waals surface area contributed by atoms with Crippen LogP contribution in [0.5, 0.6) is 0 Å². The van der Waals surface area contributed by atoms with Crippen molar-refractivity contribution in [3.05, 3.63) is 66.6 Å². The molecule has 5 heteroatoms. The van der Waals surface area contributed by atoms with Crippen molar-refractivity contribution in [2.75, 3.05) is 5.32 Å². The molecule has 1 aromatic carbocycles. The largest absolute Gasteiger partial charge is 0.346 e. The van der Waals surface area contributed by atoms with Crippen LogP contribution < -0.4 is 5.32 Å². The van der Waals surface area contributed by atoms with Crippen LogP contribution in [0, 0.1) is 0 Å². The maximum atomic E-state index is 4.80. The third-order valence-corrected chi connectivity index (χ3v) is 4.18. The molecule has 2 N–H and O–H groups in total. The Hall–Kier alpha value is -3.21. The van der Waals surface area contributed by atoms with Crippen LogP contribution >= 0.6 is 0 Å². The predicted molar refractivity (Wildman–Crippen MR) is 101 cm³/mol. The van der Waals surface area contributed by atoms with E-state index in [0.717, 1.165) is 33.7 Å². The Morgan fingerprint density at radius 3 is 2.64 bits per heavy atom. The highest BCUT2D eigenvalue weighted by molar-refractivity contribution is 5.91. The number of aromatic amines is 1. The summed E-state index contributed by atoms with van der Waals surface area (Å²) < 4.78 is 0. The highest BCUT2D eigenvalue weighted by Crippen LogP contribution is 2.29. The van der Waals surface area contributed by atoms with Crippen molar-refractivity contribution in [2.45, 2.75) is 19.8 Å². The first-order valence-corrected chi connectivity index (χ1v) is 8.34. The fourth-order valence-corrected chi connectivity index (χ4v) is 2.84. The SMILES string of the molecule is CC(C)c1cnc(-c2ccccc2)nc1Nc1ccnc2[nH]ccc12. The molecule has 0 aliphatic heterocycles. The Balaban J connectivity index is 1.80. The van der Waals surface area contributed by atoms with E-state index in [1.807, 2.05) is 54.9 Å². The van der Waals surface area contributed by atoms with Crippen LogP contribution in [-0.4, -0.2) is 19.9 Å². The Labute approximate surface area is 146 Å². The van der Waals surface area contributed by atoms with Gasteiger partial charge in [0.05, 0.1) is 5.69 Å². The van der Waals surface area contributed by atoms with E-state index in [4.69, 9.17) is 4.98 Å². The van der Waals surface area contributed by atoms with E-state index in [2.05, 4.69) is 34.1 Å². The molecule has 0 aliphatic carbocycles. The number of rotatable bonds is 4. The molecular formula is C20H19N5. The van der Waals surface area contributed by atoms with Gasteiger partial charge in [0.25, 0.3) is 0 Å². The van der Waals surface area contributed by atoms with Gasteiger partial charge in [0.2, 0.25) is 0 Å². The zero-order chi connectivity index (χ0) is 17.2. The van der Waals surface area contributed by atoms with Crippen LogP contribution in [0.2, 0.25) is 0 Å². The molecule has 25 heavy (non-hydrogen) atoms. The molecule has 0 saturated heterocycles. The van der Waals surface area contributed by atoms with E-state index >= 15 is 0 Å². The quantitative estimate of drug-likeness (QED) is 0.559. The minimum absolute atomic E-state index is 0.316. The molecule has 0 fully saturated rings. The molecule has 4 rings (SSSR count). The molecule has 0 amide bonds. The zero-order valence-electron chi connectivity index (χ0n) is 14.2. The van der Waals surface area contributed by atoms with E-state index in [0.29, 0.717) is 11.7 Å².